The van der Waals surface area contributed by atoms with E-state index in [1.165, 1.54) is 19.4 Å². The van der Waals surface area contributed by atoms with Crippen LogP contribution in [0, 0.1) is 0 Å². The predicted molar refractivity (Wildman–Crippen MR) is 68.0 cm³/mol. The molecule has 0 saturated carbocycles. The smallest absolute Gasteiger partial charge is 0.339 e. The van der Waals surface area contributed by atoms with Crippen LogP contribution in [-0.2, 0) is 20.3 Å². The molecule has 0 aromatic carbocycles. The van der Waals surface area contributed by atoms with Gasteiger partial charge >= 0.3 is 5.97 Å². The summed E-state index contributed by atoms with van der Waals surface area (Å²) >= 11 is 0. The molecule has 0 aliphatic carbocycles. The van der Waals surface area contributed by atoms with Gasteiger partial charge in [-0.25, -0.2) is 13.2 Å². The maximum atomic E-state index is 12.1. The first kappa shape index (κ1) is 14.6. The molecule has 1 aromatic heterocycles. The average Bonchev–Trinajstić information content (AvgIpc) is 2.26. The van der Waals surface area contributed by atoms with E-state index in [1.54, 1.807) is 26.8 Å². The molecule has 0 atom stereocenters. The number of pyridine rings is 1. The molecule has 0 N–H and O–H groups in total. The van der Waals surface area contributed by atoms with Gasteiger partial charge in [-0.1, -0.05) is 0 Å². The second kappa shape index (κ2) is 5.06. The Morgan fingerprint density at radius 3 is 2.50 bits per heavy atom. The summed E-state index contributed by atoms with van der Waals surface area (Å²) in [5.74, 6) is -0.857. The van der Waals surface area contributed by atoms with E-state index in [0.717, 1.165) is 0 Å². The number of hydrogen-bond acceptors (Lipinski definition) is 5. The first-order chi connectivity index (χ1) is 8.19. The van der Waals surface area contributed by atoms with Gasteiger partial charge in [-0.3, -0.25) is 4.98 Å². The largest absolute Gasteiger partial charge is 0.465 e. The maximum absolute atomic E-state index is 12.1. The summed E-state index contributed by atoms with van der Waals surface area (Å²) in [4.78, 5) is 15.5. The van der Waals surface area contributed by atoms with Crippen molar-refractivity contribution in [1.82, 2.24) is 4.98 Å². The Labute approximate surface area is 107 Å². The summed E-state index contributed by atoms with van der Waals surface area (Å²) in [5.41, 5.74) is 0.409. The van der Waals surface area contributed by atoms with E-state index in [2.05, 4.69) is 9.72 Å². The summed E-state index contributed by atoms with van der Waals surface area (Å²) in [6, 6.07) is 3.08. The van der Waals surface area contributed by atoms with E-state index in [9.17, 15) is 13.2 Å². The fourth-order valence-electron chi connectivity index (χ4n) is 1.25. The van der Waals surface area contributed by atoms with Crippen molar-refractivity contribution >= 4 is 15.8 Å². The molecule has 0 saturated heterocycles. The quantitative estimate of drug-likeness (QED) is 0.780. The van der Waals surface area contributed by atoms with Crippen molar-refractivity contribution < 1.29 is 17.9 Å². The molecule has 0 fully saturated rings. The van der Waals surface area contributed by atoms with Crippen molar-refractivity contribution in [3.63, 3.8) is 0 Å². The second-order valence-electron chi connectivity index (χ2n) is 4.86. The molecule has 0 radical (unpaired) electrons. The molecule has 0 aliphatic rings. The zero-order chi connectivity index (χ0) is 14.0. The molecule has 100 valence electrons. The van der Waals surface area contributed by atoms with E-state index in [4.69, 9.17) is 0 Å². The van der Waals surface area contributed by atoms with Crippen molar-refractivity contribution in [2.45, 2.75) is 31.3 Å². The highest BCUT2D eigenvalue weighted by molar-refractivity contribution is 7.91. The Morgan fingerprint density at radius 2 is 2.00 bits per heavy atom. The Kier molecular flexibility index (Phi) is 4.11. The predicted octanol–water partition coefficient (Wildman–Crippen LogP) is 1.58. The highest BCUT2D eigenvalue weighted by Gasteiger charge is 2.31. The zero-order valence-corrected chi connectivity index (χ0v) is 11.7. The number of rotatable bonds is 3. The number of ether oxygens (including phenoxy) is 1. The molecule has 1 rings (SSSR count). The third-order valence-electron chi connectivity index (χ3n) is 2.56. The highest BCUT2D eigenvalue weighted by Crippen LogP contribution is 2.21. The molecular formula is C12H17NO4S. The van der Waals surface area contributed by atoms with Crippen LogP contribution < -0.4 is 0 Å². The molecule has 0 unspecified atom stereocenters. The third kappa shape index (κ3) is 3.07. The fraction of sp³-hybridized carbons (Fsp3) is 0.500. The number of sulfone groups is 1. The number of esters is 1. The lowest BCUT2D eigenvalue weighted by atomic mass is 10.2. The molecule has 6 heteroatoms. The minimum absolute atomic E-state index is 0.188. The Morgan fingerprint density at radius 1 is 1.39 bits per heavy atom. The van der Waals surface area contributed by atoms with Crippen molar-refractivity contribution in [1.29, 1.82) is 0 Å². The van der Waals surface area contributed by atoms with Gasteiger partial charge in [0.1, 0.15) is 0 Å². The first-order valence-corrected chi connectivity index (χ1v) is 7.09. The molecule has 1 aromatic rings. The van der Waals surface area contributed by atoms with Crippen LogP contribution in [0.1, 0.15) is 36.8 Å². The van der Waals surface area contributed by atoms with Crippen LogP contribution in [0.4, 0.5) is 0 Å². The van der Waals surface area contributed by atoms with Gasteiger partial charge in [-0.2, -0.15) is 0 Å². The SMILES string of the molecule is COC(=O)c1cccnc1CS(=O)(=O)C(C)(C)C. The minimum Gasteiger partial charge on any atom is -0.465 e. The van der Waals surface area contributed by atoms with Gasteiger partial charge in [0, 0.05) is 6.20 Å². The van der Waals surface area contributed by atoms with Crippen LogP contribution in [-0.4, -0.2) is 31.2 Å². The number of methoxy groups -OCH3 is 1. The van der Waals surface area contributed by atoms with E-state index in [1.807, 2.05) is 0 Å². The van der Waals surface area contributed by atoms with Gasteiger partial charge in [0.05, 0.1) is 28.9 Å². The van der Waals surface area contributed by atoms with Gasteiger partial charge in [-0.15, -0.1) is 0 Å². The Balaban J connectivity index is 3.18. The lowest BCUT2D eigenvalue weighted by Crippen LogP contribution is -2.30. The lowest BCUT2D eigenvalue weighted by molar-refractivity contribution is 0.0599. The molecule has 1 heterocycles. The molecule has 0 amide bonds. The van der Waals surface area contributed by atoms with Gasteiger partial charge in [-0.05, 0) is 32.9 Å². The van der Waals surface area contributed by atoms with Crippen LogP contribution in [0.3, 0.4) is 0 Å². The van der Waals surface area contributed by atoms with Crippen LogP contribution in [0.5, 0.6) is 0 Å². The monoisotopic (exact) mass is 271 g/mol. The topological polar surface area (TPSA) is 73.3 Å². The van der Waals surface area contributed by atoms with Crippen LogP contribution in [0.25, 0.3) is 0 Å². The summed E-state index contributed by atoms with van der Waals surface area (Å²) < 4.78 is 27.9. The Hall–Kier alpha value is -1.43. The summed E-state index contributed by atoms with van der Waals surface area (Å²) in [6.07, 6.45) is 1.46. The minimum atomic E-state index is -3.39. The van der Waals surface area contributed by atoms with Crippen molar-refractivity contribution in [3.8, 4) is 0 Å². The first-order valence-electron chi connectivity index (χ1n) is 5.43. The lowest BCUT2D eigenvalue weighted by Gasteiger charge is -2.19. The third-order valence-corrected chi connectivity index (χ3v) is 5.07. The molecule has 0 spiro atoms. The molecule has 0 bridgehead atoms. The van der Waals surface area contributed by atoms with Gasteiger partial charge in [0.25, 0.3) is 0 Å². The maximum Gasteiger partial charge on any atom is 0.339 e. The van der Waals surface area contributed by atoms with Crippen LogP contribution >= 0.6 is 0 Å². The van der Waals surface area contributed by atoms with E-state index >= 15 is 0 Å². The van der Waals surface area contributed by atoms with E-state index < -0.39 is 20.6 Å². The van der Waals surface area contributed by atoms with Crippen LogP contribution in [0.15, 0.2) is 18.3 Å². The molecule has 18 heavy (non-hydrogen) atoms. The standard InChI is InChI=1S/C12H17NO4S/c1-12(2,3)18(15,16)8-10-9(11(14)17-4)6-5-7-13-10/h5-7H,8H2,1-4H3. The molecule has 0 aliphatic heterocycles. The number of aromatic nitrogens is 1. The molecule has 5 nitrogen and oxygen atoms in total. The van der Waals surface area contributed by atoms with Gasteiger partial charge < -0.3 is 4.74 Å². The summed E-state index contributed by atoms with van der Waals surface area (Å²) in [7, 11) is -2.14. The van der Waals surface area contributed by atoms with Crippen molar-refractivity contribution in [2.24, 2.45) is 0 Å². The van der Waals surface area contributed by atoms with E-state index in [-0.39, 0.29) is 17.0 Å². The summed E-state index contributed by atoms with van der Waals surface area (Å²) in [6.45, 7) is 4.84. The summed E-state index contributed by atoms with van der Waals surface area (Å²) in [5, 5.41) is 0. The van der Waals surface area contributed by atoms with Crippen molar-refractivity contribution in [2.75, 3.05) is 7.11 Å². The van der Waals surface area contributed by atoms with Crippen molar-refractivity contribution in [3.05, 3.63) is 29.6 Å². The zero-order valence-electron chi connectivity index (χ0n) is 10.9. The fourth-order valence-corrected chi connectivity index (χ4v) is 2.27. The number of nitrogens with zero attached hydrogens (tertiary/aromatic N) is 1. The normalized spacial score (nSPS) is 12.2. The second-order valence-corrected chi connectivity index (χ2v) is 7.60. The van der Waals surface area contributed by atoms with Gasteiger partial charge in [0.2, 0.25) is 0 Å². The highest BCUT2D eigenvalue weighted by atomic mass is 32.2. The number of hydrogen-bond donors (Lipinski definition) is 0. The van der Waals surface area contributed by atoms with E-state index in [0.29, 0.717) is 0 Å². The number of carbonyl (C=O) groups excluding carboxylic acids is 1. The Bertz CT molecular complexity index is 543. The molecular weight excluding hydrogens is 254 g/mol. The average molecular weight is 271 g/mol. The van der Waals surface area contributed by atoms with Gasteiger partial charge in [0.15, 0.2) is 9.84 Å². The van der Waals surface area contributed by atoms with Crippen LogP contribution in [0.2, 0.25) is 0 Å². The number of carbonyl (C=O) groups is 1.